The molecule has 0 aliphatic heterocycles. The highest BCUT2D eigenvalue weighted by Crippen LogP contribution is 2.23. The van der Waals surface area contributed by atoms with Crippen molar-refractivity contribution in [3.05, 3.63) is 54.4 Å². The minimum Gasteiger partial charge on any atom is -0.372 e. The zero-order valence-corrected chi connectivity index (χ0v) is 12.7. The van der Waals surface area contributed by atoms with Crippen molar-refractivity contribution in [1.29, 1.82) is 0 Å². The highest BCUT2D eigenvalue weighted by molar-refractivity contribution is 7.98. The van der Waals surface area contributed by atoms with Crippen molar-refractivity contribution in [3.63, 3.8) is 0 Å². The van der Waals surface area contributed by atoms with Gasteiger partial charge in [-0.05, 0) is 42.8 Å². The first-order valence-electron chi connectivity index (χ1n) is 6.77. The number of carbonyl (C=O) groups excluding carboxylic acids is 1. The summed E-state index contributed by atoms with van der Waals surface area (Å²) in [6, 6.07) is 11.8. The molecular formula is C16H18N2O2S. The Morgan fingerprint density at radius 3 is 2.76 bits per heavy atom. The van der Waals surface area contributed by atoms with E-state index in [4.69, 9.17) is 4.74 Å². The van der Waals surface area contributed by atoms with Crippen LogP contribution in [-0.4, -0.2) is 24.1 Å². The summed E-state index contributed by atoms with van der Waals surface area (Å²) in [5.74, 6) is 0.747. The fourth-order valence-electron chi connectivity index (χ4n) is 1.68. The number of aromatic nitrogens is 1. The van der Waals surface area contributed by atoms with Gasteiger partial charge in [-0.1, -0.05) is 6.07 Å². The fraction of sp³-hybridized carbons (Fsp3) is 0.250. The van der Waals surface area contributed by atoms with Crippen LogP contribution in [0.5, 0.6) is 0 Å². The van der Waals surface area contributed by atoms with E-state index in [2.05, 4.69) is 16.4 Å². The normalized spacial score (nSPS) is 10.3. The van der Waals surface area contributed by atoms with Crippen molar-refractivity contribution < 1.29 is 9.53 Å². The number of benzene rings is 1. The molecule has 1 aromatic heterocycles. The average molecular weight is 302 g/mol. The largest absolute Gasteiger partial charge is 0.372 e. The van der Waals surface area contributed by atoms with E-state index in [1.807, 2.05) is 43.5 Å². The van der Waals surface area contributed by atoms with Crippen LogP contribution in [0.3, 0.4) is 0 Å². The van der Waals surface area contributed by atoms with Crippen LogP contribution in [0.2, 0.25) is 0 Å². The summed E-state index contributed by atoms with van der Waals surface area (Å²) < 4.78 is 5.06. The Labute approximate surface area is 128 Å². The van der Waals surface area contributed by atoms with E-state index in [-0.39, 0.29) is 12.5 Å². The van der Waals surface area contributed by atoms with Gasteiger partial charge in [0.2, 0.25) is 5.91 Å². The second-order valence-corrected chi connectivity index (χ2v) is 5.41. The monoisotopic (exact) mass is 302 g/mol. The second kappa shape index (κ2) is 8.44. The van der Waals surface area contributed by atoms with Gasteiger partial charge in [-0.15, -0.1) is 11.8 Å². The molecule has 0 saturated heterocycles. The third kappa shape index (κ3) is 5.57. The lowest BCUT2D eigenvalue weighted by Gasteiger charge is -2.06. The number of thioether (sulfide) groups is 1. The number of anilines is 1. The number of ether oxygens (including phenoxy) is 1. The molecule has 0 aliphatic carbocycles. The van der Waals surface area contributed by atoms with E-state index in [1.165, 1.54) is 5.56 Å². The summed E-state index contributed by atoms with van der Waals surface area (Å²) in [5, 5.41) is 2.79. The molecule has 1 amide bonds. The van der Waals surface area contributed by atoms with Crippen LogP contribution in [0.15, 0.2) is 53.7 Å². The predicted octanol–water partition coefficient (Wildman–Crippen LogP) is 3.35. The molecule has 5 heteroatoms. The van der Waals surface area contributed by atoms with Crippen LogP contribution in [0, 0.1) is 0 Å². The highest BCUT2D eigenvalue weighted by atomic mass is 32.2. The van der Waals surface area contributed by atoms with Crippen molar-refractivity contribution in [3.8, 4) is 0 Å². The first-order valence-corrected chi connectivity index (χ1v) is 7.76. The van der Waals surface area contributed by atoms with Crippen molar-refractivity contribution in [1.82, 2.24) is 4.98 Å². The summed E-state index contributed by atoms with van der Waals surface area (Å²) in [4.78, 5) is 16.8. The van der Waals surface area contributed by atoms with Crippen LogP contribution in [0.1, 0.15) is 12.5 Å². The first-order chi connectivity index (χ1) is 10.3. The van der Waals surface area contributed by atoms with Crippen molar-refractivity contribution >= 4 is 23.4 Å². The third-order valence-electron chi connectivity index (χ3n) is 2.70. The molecule has 0 radical (unpaired) electrons. The number of pyridine rings is 1. The van der Waals surface area contributed by atoms with Crippen LogP contribution >= 0.6 is 11.8 Å². The number of hydrogen-bond acceptors (Lipinski definition) is 4. The number of nitrogens with one attached hydrogen (secondary N) is 1. The van der Waals surface area contributed by atoms with Crippen molar-refractivity contribution in [2.75, 3.05) is 18.5 Å². The maximum absolute atomic E-state index is 11.5. The molecule has 21 heavy (non-hydrogen) atoms. The van der Waals surface area contributed by atoms with Gasteiger partial charge in [0.25, 0.3) is 0 Å². The topological polar surface area (TPSA) is 51.2 Å². The molecular weight excluding hydrogens is 284 g/mol. The molecule has 1 N–H and O–H groups in total. The summed E-state index contributed by atoms with van der Waals surface area (Å²) in [6.45, 7) is 2.49. The quantitative estimate of drug-likeness (QED) is 0.797. The summed E-state index contributed by atoms with van der Waals surface area (Å²) >= 11 is 1.74. The number of hydrogen-bond donors (Lipinski definition) is 1. The highest BCUT2D eigenvalue weighted by Gasteiger charge is 2.02. The molecule has 0 unspecified atom stereocenters. The lowest BCUT2D eigenvalue weighted by molar-refractivity contribution is -0.120. The number of nitrogens with zero attached hydrogens (tertiary/aromatic N) is 1. The van der Waals surface area contributed by atoms with E-state index in [9.17, 15) is 4.79 Å². The van der Waals surface area contributed by atoms with Crippen molar-refractivity contribution in [2.45, 2.75) is 17.6 Å². The lowest BCUT2D eigenvalue weighted by Crippen LogP contribution is -2.18. The van der Waals surface area contributed by atoms with Gasteiger partial charge < -0.3 is 10.1 Å². The van der Waals surface area contributed by atoms with Gasteiger partial charge in [0.05, 0.1) is 0 Å². The smallest absolute Gasteiger partial charge is 0.250 e. The SMILES string of the molecule is CCOCC(=O)Nc1ccc(SCc2cccnc2)cc1. The zero-order valence-electron chi connectivity index (χ0n) is 11.9. The number of rotatable bonds is 7. The average Bonchev–Trinajstić information content (AvgIpc) is 2.53. The molecule has 0 saturated carbocycles. The second-order valence-electron chi connectivity index (χ2n) is 4.36. The van der Waals surface area contributed by atoms with E-state index in [1.54, 1.807) is 18.0 Å². The molecule has 110 valence electrons. The molecule has 0 aliphatic rings. The van der Waals surface area contributed by atoms with Crippen LogP contribution in [0.25, 0.3) is 0 Å². The van der Waals surface area contributed by atoms with Crippen molar-refractivity contribution in [2.24, 2.45) is 0 Å². The molecule has 1 heterocycles. The molecule has 0 fully saturated rings. The Kier molecular flexibility index (Phi) is 6.24. The molecule has 0 atom stereocenters. The maximum Gasteiger partial charge on any atom is 0.250 e. The molecule has 4 nitrogen and oxygen atoms in total. The van der Waals surface area contributed by atoms with Gasteiger partial charge in [0.1, 0.15) is 6.61 Å². The Hall–Kier alpha value is -1.85. The van der Waals surface area contributed by atoms with Gasteiger partial charge in [0, 0.05) is 35.3 Å². The minimum atomic E-state index is -0.132. The van der Waals surface area contributed by atoms with E-state index in [0.29, 0.717) is 6.61 Å². The van der Waals surface area contributed by atoms with Crippen LogP contribution in [0.4, 0.5) is 5.69 Å². The van der Waals surface area contributed by atoms with Gasteiger partial charge >= 0.3 is 0 Å². The lowest BCUT2D eigenvalue weighted by atomic mass is 10.3. The molecule has 1 aromatic carbocycles. The summed E-state index contributed by atoms with van der Waals surface area (Å²) in [6.07, 6.45) is 3.64. The minimum absolute atomic E-state index is 0.0913. The van der Waals surface area contributed by atoms with E-state index in [0.717, 1.165) is 16.3 Å². The Morgan fingerprint density at radius 2 is 2.10 bits per heavy atom. The van der Waals surface area contributed by atoms with Gasteiger partial charge in [-0.2, -0.15) is 0 Å². The summed E-state index contributed by atoms with van der Waals surface area (Å²) in [5.41, 5.74) is 1.97. The fourth-order valence-corrected chi connectivity index (χ4v) is 2.51. The summed E-state index contributed by atoms with van der Waals surface area (Å²) in [7, 11) is 0. The van der Waals surface area contributed by atoms with Crippen LogP contribution in [-0.2, 0) is 15.3 Å². The van der Waals surface area contributed by atoms with E-state index < -0.39 is 0 Å². The Balaban J connectivity index is 1.83. The van der Waals surface area contributed by atoms with Gasteiger partial charge in [0.15, 0.2) is 0 Å². The molecule has 0 spiro atoms. The standard InChI is InChI=1S/C16H18N2O2S/c1-2-20-11-16(19)18-14-5-7-15(8-6-14)21-12-13-4-3-9-17-10-13/h3-10H,2,11-12H2,1H3,(H,18,19). The van der Waals surface area contributed by atoms with Gasteiger partial charge in [-0.3, -0.25) is 9.78 Å². The number of amides is 1. The number of carbonyl (C=O) groups is 1. The Morgan fingerprint density at radius 1 is 1.29 bits per heavy atom. The zero-order chi connectivity index (χ0) is 14.9. The maximum atomic E-state index is 11.5. The molecule has 2 rings (SSSR count). The van der Waals surface area contributed by atoms with Crippen LogP contribution < -0.4 is 5.32 Å². The van der Waals surface area contributed by atoms with Gasteiger partial charge in [-0.25, -0.2) is 0 Å². The molecule has 2 aromatic rings. The first kappa shape index (κ1) is 15.5. The molecule has 0 bridgehead atoms. The predicted molar refractivity (Wildman–Crippen MR) is 85.4 cm³/mol. The van der Waals surface area contributed by atoms with E-state index >= 15 is 0 Å². The Bertz CT molecular complexity index is 558. The third-order valence-corrected chi connectivity index (χ3v) is 3.79.